The van der Waals surface area contributed by atoms with Gasteiger partial charge in [-0.05, 0) is 43.4 Å². The first kappa shape index (κ1) is 20.5. The number of aryl methyl sites for hydroxylation is 1. The van der Waals surface area contributed by atoms with Gasteiger partial charge in [-0.2, -0.15) is 4.98 Å². The number of amides is 1. The van der Waals surface area contributed by atoms with Crippen LogP contribution in [-0.4, -0.2) is 26.4 Å². The smallest absolute Gasteiger partial charge is 0.255 e. The van der Waals surface area contributed by atoms with Gasteiger partial charge in [-0.15, -0.1) is 5.10 Å². The highest BCUT2D eigenvalue weighted by Gasteiger charge is 2.35. The van der Waals surface area contributed by atoms with Crippen molar-refractivity contribution < 1.29 is 4.79 Å². The maximum absolute atomic E-state index is 13.4. The number of hydrogen-bond acceptors (Lipinski definition) is 5. The fraction of sp³-hybridized carbons (Fsp3) is 0.227. The van der Waals surface area contributed by atoms with Crippen molar-refractivity contribution in [3.8, 4) is 0 Å². The van der Waals surface area contributed by atoms with Crippen LogP contribution in [0.25, 0.3) is 0 Å². The first-order chi connectivity index (χ1) is 14.5. The molecule has 2 N–H and O–H groups in total. The highest BCUT2D eigenvalue weighted by Crippen LogP contribution is 2.39. The summed E-state index contributed by atoms with van der Waals surface area (Å²) in [4.78, 5) is 18.0. The Bertz CT molecular complexity index is 1140. The van der Waals surface area contributed by atoms with Gasteiger partial charge in [0.15, 0.2) is 0 Å². The average Bonchev–Trinajstić information content (AvgIpc) is 3.09. The number of thioether (sulfide) groups is 1. The number of hydrogen-bond donors (Lipinski definition) is 2. The van der Waals surface area contributed by atoms with Crippen molar-refractivity contribution in [1.82, 2.24) is 14.8 Å². The molecule has 0 aliphatic carbocycles. The summed E-state index contributed by atoms with van der Waals surface area (Å²) >= 11 is 8.10. The lowest BCUT2D eigenvalue weighted by Crippen LogP contribution is -2.31. The monoisotopic (exact) mass is 439 g/mol. The Kier molecular flexibility index (Phi) is 5.83. The molecule has 0 saturated heterocycles. The topological polar surface area (TPSA) is 71.8 Å². The second-order valence-electron chi connectivity index (χ2n) is 7.01. The molecule has 0 bridgehead atoms. The van der Waals surface area contributed by atoms with E-state index in [0.29, 0.717) is 21.7 Å². The molecule has 0 saturated carbocycles. The molecule has 0 spiro atoms. The fourth-order valence-corrected chi connectivity index (χ4v) is 4.32. The van der Waals surface area contributed by atoms with Crippen LogP contribution in [0.3, 0.4) is 0 Å². The zero-order chi connectivity index (χ0) is 21.3. The molecule has 0 fully saturated rings. The third-order valence-corrected chi connectivity index (χ3v) is 5.89. The Morgan fingerprint density at radius 2 is 2.03 bits per heavy atom. The summed E-state index contributed by atoms with van der Waals surface area (Å²) in [5.74, 6) is 1.25. The first-order valence-electron chi connectivity index (χ1n) is 9.67. The van der Waals surface area contributed by atoms with E-state index in [1.165, 1.54) is 0 Å². The normalized spacial score (nSPS) is 15.5. The van der Waals surface area contributed by atoms with Crippen molar-refractivity contribution in [3.05, 3.63) is 76.0 Å². The molecule has 1 aliphatic heterocycles. The van der Waals surface area contributed by atoms with Gasteiger partial charge in [-0.1, -0.05) is 60.6 Å². The van der Waals surface area contributed by atoms with Gasteiger partial charge in [0, 0.05) is 22.0 Å². The standard InChI is InChI=1S/C22H22ClN5OS/c1-4-30-22-26-21-24-14(3)18(20(29)25-15-9-7-8-13(2)12-15)19(28(21)27-22)16-10-5-6-11-17(16)23/h5-12,19H,4H2,1-3H3,(H,25,29)(H,24,26,27). The van der Waals surface area contributed by atoms with Crippen LogP contribution in [0.1, 0.15) is 31.0 Å². The maximum atomic E-state index is 13.4. The molecule has 1 atom stereocenters. The lowest BCUT2D eigenvalue weighted by atomic mass is 9.95. The third-order valence-electron chi connectivity index (χ3n) is 4.83. The lowest BCUT2D eigenvalue weighted by molar-refractivity contribution is -0.113. The van der Waals surface area contributed by atoms with E-state index in [1.54, 1.807) is 16.4 Å². The SMILES string of the molecule is CCSc1nc2n(n1)C(c1ccccc1Cl)C(C(=O)Nc1cccc(C)c1)=C(C)N2. The molecule has 1 aliphatic rings. The highest BCUT2D eigenvalue weighted by molar-refractivity contribution is 7.99. The van der Waals surface area contributed by atoms with E-state index in [0.717, 1.165) is 28.3 Å². The summed E-state index contributed by atoms with van der Waals surface area (Å²) in [7, 11) is 0. The van der Waals surface area contributed by atoms with Gasteiger partial charge in [-0.25, -0.2) is 4.68 Å². The molecule has 6 nitrogen and oxygen atoms in total. The first-order valence-corrected chi connectivity index (χ1v) is 11.0. The Morgan fingerprint density at radius 3 is 2.77 bits per heavy atom. The second kappa shape index (κ2) is 8.53. The van der Waals surface area contributed by atoms with E-state index in [1.807, 2.05) is 69.3 Å². The van der Waals surface area contributed by atoms with Crippen LogP contribution in [0.5, 0.6) is 0 Å². The van der Waals surface area contributed by atoms with Crippen LogP contribution in [-0.2, 0) is 4.79 Å². The Labute approximate surface area is 184 Å². The van der Waals surface area contributed by atoms with E-state index in [2.05, 4.69) is 20.7 Å². The molecule has 3 aromatic rings. The van der Waals surface area contributed by atoms with Crippen molar-refractivity contribution in [1.29, 1.82) is 0 Å². The Morgan fingerprint density at radius 1 is 1.23 bits per heavy atom. The number of benzene rings is 2. The molecule has 1 unspecified atom stereocenters. The highest BCUT2D eigenvalue weighted by atomic mass is 35.5. The van der Waals surface area contributed by atoms with E-state index in [-0.39, 0.29) is 5.91 Å². The van der Waals surface area contributed by atoms with Crippen molar-refractivity contribution in [2.45, 2.75) is 32.0 Å². The van der Waals surface area contributed by atoms with Crippen LogP contribution >= 0.6 is 23.4 Å². The summed E-state index contributed by atoms with van der Waals surface area (Å²) in [6.45, 7) is 5.91. The van der Waals surface area contributed by atoms with Crippen LogP contribution in [0.2, 0.25) is 5.02 Å². The number of carbonyl (C=O) groups excluding carboxylic acids is 1. The summed E-state index contributed by atoms with van der Waals surface area (Å²) < 4.78 is 1.75. The summed E-state index contributed by atoms with van der Waals surface area (Å²) in [6, 6.07) is 14.8. The van der Waals surface area contributed by atoms with E-state index in [4.69, 9.17) is 11.6 Å². The van der Waals surface area contributed by atoms with Gasteiger partial charge >= 0.3 is 0 Å². The fourth-order valence-electron chi connectivity index (χ4n) is 3.52. The molecule has 1 aromatic heterocycles. The number of aromatic nitrogens is 3. The summed E-state index contributed by atoms with van der Waals surface area (Å²) in [5, 5.41) is 12.1. The lowest BCUT2D eigenvalue weighted by Gasteiger charge is -2.29. The van der Waals surface area contributed by atoms with Crippen LogP contribution in [0, 0.1) is 6.92 Å². The second-order valence-corrected chi connectivity index (χ2v) is 8.65. The molecular weight excluding hydrogens is 418 g/mol. The minimum Gasteiger partial charge on any atom is -0.328 e. The van der Waals surface area contributed by atoms with Gasteiger partial charge in [0.2, 0.25) is 11.1 Å². The van der Waals surface area contributed by atoms with Crippen molar-refractivity contribution in [2.24, 2.45) is 0 Å². The maximum Gasteiger partial charge on any atom is 0.255 e. The van der Waals surface area contributed by atoms with Crippen molar-refractivity contribution in [3.63, 3.8) is 0 Å². The zero-order valence-corrected chi connectivity index (χ0v) is 18.5. The largest absolute Gasteiger partial charge is 0.328 e. The quantitative estimate of drug-likeness (QED) is 0.529. The number of nitrogens with zero attached hydrogens (tertiary/aromatic N) is 3. The molecule has 30 heavy (non-hydrogen) atoms. The third kappa shape index (κ3) is 3.95. The number of rotatable bonds is 5. The van der Waals surface area contributed by atoms with Crippen molar-refractivity contribution >= 4 is 40.9 Å². The minimum atomic E-state index is -0.488. The summed E-state index contributed by atoms with van der Waals surface area (Å²) in [5.41, 5.74) is 3.88. The number of fused-ring (bicyclic) bond motifs is 1. The molecule has 2 heterocycles. The Hall–Kier alpha value is -2.77. The molecule has 154 valence electrons. The van der Waals surface area contributed by atoms with Gasteiger partial charge in [0.25, 0.3) is 5.91 Å². The van der Waals surface area contributed by atoms with Crippen molar-refractivity contribution in [2.75, 3.05) is 16.4 Å². The average molecular weight is 440 g/mol. The number of halogens is 1. The predicted octanol–water partition coefficient (Wildman–Crippen LogP) is 5.28. The molecule has 8 heteroatoms. The zero-order valence-electron chi connectivity index (χ0n) is 16.9. The molecule has 2 aromatic carbocycles. The molecule has 4 rings (SSSR count). The number of nitrogens with one attached hydrogen (secondary N) is 2. The van der Waals surface area contributed by atoms with E-state index >= 15 is 0 Å². The van der Waals surface area contributed by atoms with Crippen LogP contribution in [0.4, 0.5) is 11.6 Å². The van der Waals surface area contributed by atoms with Crippen LogP contribution in [0.15, 0.2) is 65.0 Å². The number of allylic oxidation sites excluding steroid dienone is 1. The van der Waals surface area contributed by atoms with Gasteiger partial charge in [0.05, 0.1) is 5.57 Å². The molecular formula is C22H22ClN5OS. The summed E-state index contributed by atoms with van der Waals surface area (Å²) in [6.07, 6.45) is 0. The van der Waals surface area contributed by atoms with Gasteiger partial charge < -0.3 is 10.6 Å². The van der Waals surface area contributed by atoms with E-state index < -0.39 is 6.04 Å². The van der Waals surface area contributed by atoms with Gasteiger partial charge in [-0.3, -0.25) is 4.79 Å². The number of carbonyl (C=O) groups is 1. The van der Waals surface area contributed by atoms with Gasteiger partial charge in [0.1, 0.15) is 6.04 Å². The predicted molar refractivity (Wildman–Crippen MR) is 122 cm³/mol. The number of anilines is 2. The minimum absolute atomic E-state index is 0.207. The van der Waals surface area contributed by atoms with Crippen LogP contribution < -0.4 is 10.6 Å². The Balaban J connectivity index is 1.80. The van der Waals surface area contributed by atoms with E-state index in [9.17, 15) is 4.79 Å². The molecule has 0 radical (unpaired) electrons. The molecule has 1 amide bonds.